The van der Waals surface area contributed by atoms with E-state index in [1.165, 1.54) is 0 Å². The van der Waals surface area contributed by atoms with Crippen molar-refractivity contribution in [3.8, 4) is 0 Å². The van der Waals surface area contributed by atoms with E-state index in [0.717, 1.165) is 17.0 Å². The fourth-order valence-electron chi connectivity index (χ4n) is 2.58. The summed E-state index contributed by atoms with van der Waals surface area (Å²) in [6.45, 7) is 6.31. The smallest absolute Gasteiger partial charge is 0.272 e. The molecule has 1 N–H and O–H groups in total. The Bertz CT molecular complexity index is 751. The maximum absolute atomic E-state index is 12.6. The molecule has 0 unspecified atom stereocenters. The van der Waals surface area contributed by atoms with Crippen LogP contribution in [0.4, 0.5) is 5.82 Å². The number of carbonyl (C=O) groups excluding carboxylic acids is 1. The van der Waals surface area contributed by atoms with E-state index in [-0.39, 0.29) is 5.91 Å². The monoisotopic (exact) mass is 312 g/mol. The molecule has 3 rings (SSSR count). The van der Waals surface area contributed by atoms with Crippen molar-refractivity contribution in [3.05, 3.63) is 47.7 Å². The predicted octanol–water partition coefficient (Wildman–Crippen LogP) is 2.73. The molecule has 1 atom stereocenters. The Morgan fingerprint density at radius 2 is 2.13 bits per heavy atom. The fourth-order valence-corrected chi connectivity index (χ4v) is 2.58. The molecular formula is C17H20N4O2. The van der Waals surface area contributed by atoms with Crippen molar-refractivity contribution >= 4 is 17.4 Å². The summed E-state index contributed by atoms with van der Waals surface area (Å²) in [6, 6.07) is 11.6. The molecule has 2 heterocycles. The van der Waals surface area contributed by atoms with Gasteiger partial charge in [-0.05, 0) is 26.3 Å². The van der Waals surface area contributed by atoms with Gasteiger partial charge in [-0.2, -0.15) is 5.10 Å². The highest BCUT2D eigenvalue weighted by Gasteiger charge is 2.42. The molecule has 1 aliphatic rings. The van der Waals surface area contributed by atoms with E-state index in [9.17, 15) is 4.79 Å². The molecule has 0 saturated carbocycles. The summed E-state index contributed by atoms with van der Waals surface area (Å²) < 4.78 is 1.75. The zero-order valence-electron chi connectivity index (χ0n) is 13.5. The Kier molecular flexibility index (Phi) is 3.90. The first kappa shape index (κ1) is 15.3. The minimum Gasteiger partial charge on any atom is -0.379 e. The SMILES string of the molecule is CCn1nc(C)cc1NC(=O)[C@@]1(C)CC(c2ccccc2)=NO1. The molecular weight excluding hydrogens is 292 g/mol. The van der Waals surface area contributed by atoms with Crippen LogP contribution in [0.25, 0.3) is 0 Å². The number of hydrogen-bond acceptors (Lipinski definition) is 4. The van der Waals surface area contributed by atoms with Gasteiger partial charge >= 0.3 is 0 Å². The number of nitrogens with one attached hydrogen (secondary N) is 1. The Labute approximate surface area is 135 Å². The second kappa shape index (κ2) is 5.87. The first-order valence-corrected chi connectivity index (χ1v) is 7.68. The topological polar surface area (TPSA) is 68.5 Å². The Hall–Kier alpha value is -2.63. The number of rotatable bonds is 4. The molecule has 0 radical (unpaired) electrons. The van der Waals surface area contributed by atoms with Gasteiger partial charge in [0.1, 0.15) is 5.82 Å². The number of oxime groups is 1. The van der Waals surface area contributed by atoms with Gasteiger partial charge in [0.25, 0.3) is 5.91 Å². The van der Waals surface area contributed by atoms with Crippen molar-refractivity contribution in [2.45, 2.75) is 39.3 Å². The summed E-state index contributed by atoms with van der Waals surface area (Å²) in [5, 5.41) is 11.3. The Balaban J connectivity index is 1.73. The highest BCUT2D eigenvalue weighted by molar-refractivity contribution is 6.07. The van der Waals surface area contributed by atoms with Crippen LogP contribution in [0.3, 0.4) is 0 Å². The van der Waals surface area contributed by atoms with Gasteiger partial charge in [-0.3, -0.25) is 4.79 Å². The molecule has 0 saturated heterocycles. The average molecular weight is 312 g/mol. The van der Waals surface area contributed by atoms with Crippen molar-refractivity contribution in [2.24, 2.45) is 5.16 Å². The van der Waals surface area contributed by atoms with Crippen LogP contribution in [0.2, 0.25) is 0 Å². The summed E-state index contributed by atoms with van der Waals surface area (Å²) in [7, 11) is 0. The minimum absolute atomic E-state index is 0.221. The van der Waals surface area contributed by atoms with E-state index < -0.39 is 5.60 Å². The number of aryl methyl sites for hydroxylation is 2. The third kappa shape index (κ3) is 2.97. The van der Waals surface area contributed by atoms with Gasteiger partial charge in [0.05, 0.1) is 11.4 Å². The summed E-state index contributed by atoms with van der Waals surface area (Å²) in [5.74, 6) is 0.453. The van der Waals surface area contributed by atoms with E-state index in [1.54, 1.807) is 11.6 Å². The van der Waals surface area contributed by atoms with E-state index in [0.29, 0.717) is 18.8 Å². The Morgan fingerprint density at radius 3 is 2.83 bits per heavy atom. The van der Waals surface area contributed by atoms with Crippen molar-refractivity contribution in [2.75, 3.05) is 5.32 Å². The molecule has 0 bridgehead atoms. The number of hydrogen-bond donors (Lipinski definition) is 1. The number of carbonyl (C=O) groups is 1. The standard InChI is InChI=1S/C17H20N4O2/c1-4-21-15(10-12(2)19-21)18-16(22)17(3)11-14(20-23-17)13-8-6-5-7-9-13/h5-10H,4,11H2,1-3H3,(H,18,22)/t17-/m1/s1. The average Bonchev–Trinajstić information content (AvgIpc) is 3.12. The van der Waals surface area contributed by atoms with Crippen LogP contribution in [-0.4, -0.2) is 27.0 Å². The maximum Gasteiger partial charge on any atom is 0.272 e. The number of nitrogens with zero attached hydrogens (tertiary/aromatic N) is 3. The third-order valence-electron chi connectivity index (χ3n) is 3.89. The van der Waals surface area contributed by atoms with Gasteiger partial charge in [0, 0.05) is 19.0 Å². The van der Waals surface area contributed by atoms with Gasteiger partial charge < -0.3 is 10.2 Å². The molecule has 23 heavy (non-hydrogen) atoms. The Morgan fingerprint density at radius 1 is 1.39 bits per heavy atom. The molecule has 1 aliphatic heterocycles. The van der Waals surface area contributed by atoms with Gasteiger partial charge in [-0.15, -0.1) is 0 Å². The van der Waals surface area contributed by atoms with E-state index in [4.69, 9.17) is 4.84 Å². The molecule has 1 amide bonds. The van der Waals surface area contributed by atoms with Gasteiger partial charge in [-0.25, -0.2) is 4.68 Å². The van der Waals surface area contributed by atoms with Gasteiger partial charge in [-0.1, -0.05) is 35.5 Å². The highest BCUT2D eigenvalue weighted by Crippen LogP contribution is 2.28. The van der Waals surface area contributed by atoms with Crippen molar-refractivity contribution in [1.29, 1.82) is 0 Å². The van der Waals surface area contributed by atoms with Crippen molar-refractivity contribution < 1.29 is 9.63 Å². The minimum atomic E-state index is -1.01. The van der Waals surface area contributed by atoms with Crippen LogP contribution in [0.5, 0.6) is 0 Å². The van der Waals surface area contributed by atoms with Crippen molar-refractivity contribution in [1.82, 2.24) is 9.78 Å². The summed E-state index contributed by atoms with van der Waals surface area (Å²) in [6.07, 6.45) is 0.433. The molecule has 2 aromatic rings. The lowest BCUT2D eigenvalue weighted by atomic mass is 9.95. The van der Waals surface area contributed by atoms with Crippen LogP contribution in [0, 0.1) is 6.92 Å². The summed E-state index contributed by atoms with van der Waals surface area (Å²) in [5.41, 5.74) is 1.60. The molecule has 6 heteroatoms. The van der Waals surface area contributed by atoms with Gasteiger partial charge in [0.15, 0.2) is 0 Å². The zero-order valence-corrected chi connectivity index (χ0v) is 13.5. The number of amides is 1. The lowest BCUT2D eigenvalue weighted by molar-refractivity contribution is -0.136. The number of benzene rings is 1. The van der Waals surface area contributed by atoms with Crippen LogP contribution >= 0.6 is 0 Å². The predicted molar refractivity (Wildman–Crippen MR) is 88.4 cm³/mol. The molecule has 120 valence electrons. The van der Waals surface area contributed by atoms with Crippen LogP contribution < -0.4 is 5.32 Å². The normalized spacial score (nSPS) is 20.0. The highest BCUT2D eigenvalue weighted by atomic mass is 16.7. The van der Waals surface area contributed by atoms with E-state index in [2.05, 4.69) is 15.6 Å². The zero-order chi connectivity index (χ0) is 16.4. The van der Waals surface area contributed by atoms with Crippen molar-refractivity contribution in [3.63, 3.8) is 0 Å². The molecule has 1 aromatic heterocycles. The number of aromatic nitrogens is 2. The summed E-state index contributed by atoms with van der Waals surface area (Å²) >= 11 is 0. The molecule has 0 aliphatic carbocycles. The van der Waals surface area contributed by atoms with Crippen LogP contribution in [0.1, 0.15) is 31.5 Å². The molecule has 0 fully saturated rings. The van der Waals surface area contributed by atoms with Crippen LogP contribution in [-0.2, 0) is 16.2 Å². The molecule has 1 aromatic carbocycles. The fraction of sp³-hybridized carbons (Fsp3) is 0.353. The maximum atomic E-state index is 12.6. The van der Waals surface area contributed by atoms with Crippen LogP contribution in [0.15, 0.2) is 41.6 Å². The lowest BCUT2D eigenvalue weighted by Gasteiger charge is -2.20. The first-order chi connectivity index (χ1) is 11.0. The number of anilines is 1. The quantitative estimate of drug-likeness (QED) is 0.944. The second-order valence-electron chi connectivity index (χ2n) is 5.84. The molecule has 0 spiro atoms. The first-order valence-electron chi connectivity index (χ1n) is 7.68. The second-order valence-corrected chi connectivity index (χ2v) is 5.84. The van der Waals surface area contributed by atoms with E-state index in [1.807, 2.05) is 50.2 Å². The largest absolute Gasteiger partial charge is 0.379 e. The van der Waals surface area contributed by atoms with Gasteiger partial charge in [0.2, 0.25) is 5.60 Å². The molecule has 6 nitrogen and oxygen atoms in total. The summed E-state index contributed by atoms with van der Waals surface area (Å²) in [4.78, 5) is 18.1. The van der Waals surface area contributed by atoms with E-state index >= 15 is 0 Å². The lowest BCUT2D eigenvalue weighted by Crippen LogP contribution is -2.40. The third-order valence-corrected chi connectivity index (χ3v) is 3.89.